The summed E-state index contributed by atoms with van der Waals surface area (Å²) in [6, 6.07) is 55.2. The smallest absolute Gasteiger partial charge is 0.109 e. The minimum Gasteiger partial charge on any atom is -0.332 e. The van der Waals surface area contributed by atoms with E-state index in [0.29, 0.717) is 0 Å². The molecule has 53 heavy (non-hydrogen) atoms. The summed E-state index contributed by atoms with van der Waals surface area (Å²) >= 11 is 1.98. The molecular weight excluding hydrogens is 663 g/mol. The monoisotopic (exact) mass is 701 g/mol. The number of thiophene rings is 1. The lowest BCUT2D eigenvalue weighted by Gasteiger charge is -2.52. The maximum absolute atomic E-state index is 3.83. The van der Waals surface area contributed by atoms with Gasteiger partial charge >= 0.3 is 0 Å². The van der Waals surface area contributed by atoms with Crippen LogP contribution in [0.4, 0.5) is 17.1 Å². The molecule has 1 aliphatic carbocycles. The molecule has 10 rings (SSSR count). The molecular formula is C49H39N3S. The van der Waals surface area contributed by atoms with Crippen molar-refractivity contribution in [1.82, 2.24) is 5.32 Å². The first kappa shape index (κ1) is 31.8. The predicted octanol–water partition coefficient (Wildman–Crippen LogP) is 12.6. The van der Waals surface area contributed by atoms with Crippen LogP contribution in [0.15, 0.2) is 176 Å². The zero-order valence-corrected chi connectivity index (χ0v) is 30.2. The second-order valence-corrected chi connectivity index (χ2v) is 15.1. The van der Waals surface area contributed by atoms with E-state index in [0.717, 1.165) is 24.9 Å². The van der Waals surface area contributed by atoms with Gasteiger partial charge in [-0.3, -0.25) is 5.32 Å². The molecule has 2 atom stereocenters. The fourth-order valence-electron chi connectivity index (χ4n) is 8.19. The second kappa shape index (κ2) is 13.6. The maximum Gasteiger partial charge on any atom is 0.109 e. The third kappa shape index (κ3) is 5.81. The van der Waals surface area contributed by atoms with Crippen molar-refractivity contribution in [3.05, 3.63) is 209 Å². The molecule has 3 heterocycles. The molecule has 0 saturated carbocycles. The molecule has 6 aromatic carbocycles. The Bertz CT molecular complexity index is 2470. The van der Waals surface area contributed by atoms with Crippen LogP contribution in [0.25, 0.3) is 32.9 Å². The van der Waals surface area contributed by atoms with Gasteiger partial charge in [0.05, 0.1) is 0 Å². The van der Waals surface area contributed by atoms with Crippen LogP contribution in [0.2, 0.25) is 0 Å². The van der Waals surface area contributed by atoms with E-state index in [1.165, 1.54) is 70.9 Å². The van der Waals surface area contributed by atoms with Gasteiger partial charge in [-0.1, -0.05) is 133 Å². The van der Waals surface area contributed by atoms with Crippen LogP contribution in [-0.4, -0.2) is 0 Å². The highest BCUT2D eigenvalue weighted by Gasteiger charge is 2.39. The summed E-state index contributed by atoms with van der Waals surface area (Å²) in [5.41, 5.74) is 13.8. The molecule has 0 spiro atoms. The number of anilines is 3. The van der Waals surface area contributed by atoms with E-state index in [1.807, 2.05) is 11.3 Å². The van der Waals surface area contributed by atoms with Crippen molar-refractivity contribution >= 4 is 50.1 Å². The summed E-state index contributed by atoms with van der Waals surface area (Å²) in [5.74, 6) is 0. The van der Waals surface area contributed by atoms with Gasteiger partial charge in [0.25, 0.3) is 0 Å². The number of hydrogen-bond donors (Lipinski definition) is 1. The van der Waals surface area contributed by atoms with Gasteiger partial charge in [0.2, 0.25) is 0 Å². The number of fused-ring (bicyclic) bond motifs is 4. The molecule has 2 unspecified atom stereocenters. The van der Waals surface area contributed by atoms with Gasteiger partial charge in [0.1, 0.15) is 12.3 Å². The molecule has 7 aromatic rings. The Balaban J connectivity index is 1.04. The molecule has 0 amide bonds. The van der Waals surface area contributed by atoms with Crippen LogP contribution in [-0.2, 0) is 12.8 Å². The van der Waals surface area contributed by atoms with E-state index in [1.54, 1.807) is 0 Å². The molecule has 0 radical (unpaired) electrons. The van der Waals surface area contributed by atoms with E-state index in [-0.39, 0.29) is 12.3 Å². The summed E-state index contributed by atoms with van der Waals surface area (Å²) in [6.45, 7) is 0. The van der Waals surface area contributed by atoms with Crippen molar-refractivity contribution in [3.8, 4) is 11.1 Å². The third-order valence-electron chi connectivity index (χ3n) is 10.9. The average Bonchev–Trinajstić information content (AvgIpc) is 3.59. The molecule has 1 saturated heterocycles. The quantitative estimate of drug-likeness (QED) is 0.186. The maximum atomic E-state index is 3.83. The number of hydrogen-bond acceptors (Lipinski definition) is 4. The number of benzene rings is 6. The minimum absolute atomic E-state index is 0.0981. The molecule has 256 valence electrons. The normalized spacial score (nSPS) is 19.4. The zero-order valence-electron chi connectivity index (χ0n) is 29.4. The Morgan fingerprint density at radius 2 is 1.32 bits per heavy atom. The van der Waals surface area contributed by atoms with E-state index in [2.05, 4.69) is 197 Å². The number of nitrogens with zero attached hydrogens (tertiary/aromatic N) is 2. The lowest BCUT2D eigenvalue weighted by molar-refractivity contribution is 0.276. The van der Waals surface area contributed by atoms with Gasteiger partial charge < -0.3 is 9.80 Å². The average molecular weight is 702 g/mol. The summed E-state index contributed by atoms with van der Waals surface area (Å²) in [7, 11) is 0. The molecule has 1 fully saturated rings. The van der Waals surface area contributed by atoms with Crippen LogP contribution >= 0.6 is 11.3 Å². The summed E-state index contributed by atoms with van der Waals surface area (Å²) in [5, 5.41) is 5.20. The van der Waals surface area contributed by atoms with Crippen molar-refractivity contribution < 1.29 is 0 Å². The van der Waals surface area contributed by atoms with Crippen molar-refractivity contribution in [1.29, 1.82) is 0 Å². The number of nitrogens with one attached hydrogen (secondary N) is 1. The fourth-order valence-corrected chi connectivity index (χ4v) is 9.53. The Morgan fingerprint density at radius 3 is 2.06 bits per heavy atom. The van der Waals surface area contributed by atoms with E-state index >= 15 is 0 Å². The fraction of sp³-hybridized carbons (Fsp3) is 0.102. The van der Waals surface area contributed by atoms with Gasteiger partial charge in [0.15, 0.2) is 0 Å². The van der Waals surface area contributed by atoms with Gasteiger partial charge in [-0.25, -0.2) is 0 Å². The molecule has 3 aliphatic rings. The summed E-state index contributed by atoms with van der Waals surface area (Å²) in [6.07, 6.45) is 14.8. The van der Waals surface area contributed by atoms with Gasteiger partial charge in [0, 0.05) is 38.2 Å². The zero-order chi connectivity index (χ0) is 35.1. The number of aryl methyl sites for hydroxylation is 1. The standard InChI is InChI=1S/C49H39N3S/c1-4-13-34(14-5-1)35-23-24-39-33-38(42-20-12-21-44-43-19-10-11-22-46(43)53-47(42)44)25-30-45(39)51(32-31-35)40-26-28-41(29-27-40)52-48(36-15-6-2-7-16-36)50-49(52)37-17-8-3-9-18-37/h1-10,12-21,23,25-33,48-50H,11,22,24H2/b32-31-,35-23+. The van der Waals surface area contributed by atoms with Crippen molar-refractivity contribution in [2.45, 2.75) is 31.6 Å². The van der Waals surface area contributed by atoms with Crippen molar-refractivity contribution in [2.75, 3.05) is 9.80 Å². The minimum atomic E-state index is 0.0981. The van der Waals surface area contributed by atoms with Crippen LogP contribution in [0, 0.1) is 0 Å². The van der Waals surface area contributed by atoms with Crippen molar-refractivity contribution in [3.63, 3.8) is 0 Å². The lowest BCUT2D eigenvalue weighted by Crippen LogP contribution is -2.57. The molecule has 3 nitrogen and oxygen atoms in total. The first-order valence-electron chi connectivity index (χ1n) is 18.6. The first-order valence-corrected chi connectivity index (χ1v) is 19.4. The number of rotatable bonds is 6. The SMILES string of the molecule is C1=Cc2c(sc3c(-c4ccc5c(c4)C/C=C(c4ccccc4)\C=C/N5c4ccc(N5C(c6ccccc6)NC5c5ccccc5)cc4)cccc23)CC1. The highest BCUT2D eigenvalue weighted by Crippen LogP contribution is 2.45. The van der Waals surface area contributed by atoms with Gasteiger partial charge in [-0.15, -0.1) is 11.3 Å². The van der Waals surface area contributed by atoms with Crippen LogP contribution in [0.1, 0.15) is 51.4 Å². The number of allylic oxidation sites excluding steroid dienone is 4. The molecule has 2 aliphatic heterocycles. The van der Waals surface area contributed by atoms with Crippen LogP contribution < -0.4 is 15.1 Å². The van der Waals surface area contributed by atoms with E-state index in [4.69, 9.17) is 0 Å². The van der Waals surface area contributed by atoms with Crippen LogP contribution in [0.5, 0.6) is 0 Å². The Morgan fingerprint density at radius 1 is 0.623 bits per heavy atom. The van der Waals surface area contributed by atoms with Gasteiger partial charge in [-0.2, -0.15) is 0 Å². The summed E-state index contributed by atoms with van der Waals surface area (Å²) < 4.78 is 1.39. The molecule has 1 N–H and O–H groups in total. The Hall–Kier alpha value is -5.94. The first-order chi connectivity index (χ1) is 26.3. The van der Waals surface area contributed by atoms with Gasteiger partial charge in [-0.05, 0) is 106 Å². The Kier molecular flexibility index (Phi) is 8.13. The topological polar surface area (TPSA) is 18.5 Å². The largest absolute Gasteiger partial charge is 0.332 e. The Labute approximate surface area is 315 Å². The van der Waals surface area contributed by atoms with Crippen LogP contribution in [0.3, 0.4) is 0 Å². The lowest BCUT2D eigenvalue weighted by atomic mass is 9.95. The predicted molar refractivity (Wildman–Crippen MR) is 224 cm³/mol. The molecule has 1 aromatic heterocycles. The molecule has 4 heteroatoms. The van der Waals surface area contributed by atoms with E-state index < -0.39 is 0 Å². The second-order valence-electron chi connectivity index (χ2n) is 14.0. The third-order valence-corrected chi connectivity index (χ3v) is 12.2. The summed E-state index contributed by atoms with van der Waals surface area (Å²) in [4.78, 5) is 6.37. The highest BCUT2D eigenvalue weighted by molar-refractivity contribution is 7.20. The van der Waals surface area contributed by atoms with E-state index in [9.17, 15) is 0 Å². The van der Waals surface area contributed by atoms with Crippen molar-refractivity contribution in [2.24, 2.45) is 0 Å². The highest BCUT2D eigenvalue weighted by atomic mass is 32.1. The molecule has 0 bridgehead atoms.